The first kappa shape index (κ1) is 30.7. The van der Waals surface area contributed by atoms with Gasteiger partial charge in [-0.15, -0.1) is 0 Å². The standard InChI is InChI=1S/C30H46N2O4S/c1-3-4-5-6-7-8-9-10-11-12-13-14-15-16-25-36-29-21-17-28(18-22-29)32-37(34,35)30-23-19-27(20-24-30)31-26(2)33/h17-24,32H,3-16,25H2,1-2H3,(H,31,33). The minimum Gasteiger partial charge on any atom is -0.494 e. The number of anilines is 2. The molecule has 2 aromatic rings. The molecule has 37 heavy (non-hydrogen) atoms. The number of unbranched alkanes of at least 4 members (excludes halogenated alkanes) is 13. The second-order valence-corrected chi connectivity index (χ2v) is 11.5. The number of ether oxygens (including phenoxy) is 1. The lowest BCUT2D eigenvalue weighted by Crippen LogP contribution is -2.13. The molecule has 1 amide bonds. The van der Waals surface area contributed by atoms with Crippen molar-refractivity contribution in [3.8, 4) is 5.75 Å². The third-order valence-corrected chi connectivity index (χ3v) is 7.76. The molecule has 7 heteroatoms. The van der Waals surface area contributed by atoms with Crippen molar-refractivity contribution in [2.45, 2.75) is 109 Å². The van der Waals surface area contributed by atoms with Crippen LogP contribution >= 0.6 is 0 Å². The van der Waals surface area contributed by atoms with Gasteiger partial charge in [0.25, 0.3) is 10.0 Å². The summed E-state index contributed by atoms with van der Waals surface area (Å²) in [5, 5.41) is 2.62. The number of carbonyl (C=O) groups is 1. The average molecular weight is 531 g/mol. The molecule has 0 bridgehead atoms. The third-order valence-electron chi connectivity index (χ3n) is 6.36. The van der Waals surface area contributed by atoms with Crippen LogP contribution in [0.3, 0.4) is 0 Å². The van der Waals surface area contributed by atoms with Crippen LogP contribution in [0.5, 0.6) is 5.75 Å². The fraction of sp³-hybridized carbons (Fsp3) is 0.567. The molecule has 2 rings (SSSR count). The van der Waals surface area contributed by atoms with Gasteiger partial charge in [-0.1, -0.05) is 90.4 Å². The van der Waals surface area contributed by atoms with Crippen LogP contribution in [-0.2, 0) is 14.8 Å². The van der Waals surface area contributed by atoms with Gasteiger partial charge in [-0.05, 0) is 55.0 Å². The van der Waals surface area contributed by atoms with E-state index < -0.39 is 10.0 Å². The summed E-state index contributed by atoms with van der Waals surface area (Å²) < 4.78 is 33.6. The van der Waals surface area contributed by atoms with Crippen LogP contribution < -0.4 is 14.8 Å². The van der Waals surface area contributed by atoms with Crippen molar-refractivity contribution < 1.29 is 17.9 Å². The van der Waals surface area contributed by atoms with E-state index in [-0.39, 0.29) is 10.8 Å². The van der Waals surface area contributed by atoms with Crippen LogP contribution in [0.25, 0.3) is 0 Å². The molecule has 0 heterocycles. The second kappa shape index (κ2) is 17.8. The van der Waals surface area contributed by atoms with Gasteiger partial charge in [0.1, 0.15) is 5.75 Å². The number of amides is 1. The number of carbonyl (C=O) groups excluding carboxylic acids is 1. The molecule has 0 spiro atoms. The molecule has 0 aliphatic carbocycles. The van der Waals surface area contributed by atoms with Gasteiger partial charge in [-0.3, -0.25) is 9.52 Å². The van der Waals surface area contributed by atoms with Gasteiger partial charge in [0.2, 0.25) is 5.91 Å². The Morgan fingerprint density at radius 1 is 0.676 bits per heavy atom. The molecule has 0 radical (unpaired) electrons. The van der Waals surface area contributed by atoms with Gasteiger partial charge in [-0.2, -0.15) is 0 Å². The summed E-state index contributed by atoms with van der Waals surface area (Å²) in [6.45, 7) is 4.34. The van der Waals surface area contributed by atoms with Crippen LogP contribution in [0, 0.1) is 0 Å². The molecule has 0 atom stereocenters. The van der Waals surface area contributed by atoms with E-state index in [0.29, 0.717) is 18.0 Å². The zero-order valence-corrected chi connectivity index (χ0v) is 23.6. The molecule has 206 valence electrons. The number of rotatable bonds is 20. The van der Waals surface area contributed by atoms with Gasteiger partial charge < -0.3 is 10.1 Å². The van der Waals surface area contributed by atoms with E-state index in [0.717, 1.165) is 12.2 Å². The molecule has 2 N–H and O–H groups in total. The van der Waals surface area contributed by atoms with E-state index in [1.165, 1.54) is 103 Å². The number of hydrogen-bond donors (Lipinski definition) is 2. The van der Waals surface area contributed by atoms with E-state index in [4.69, 9.17) is 4.74 Å². The zero-order valence-electron chi connectivity index (χ0n) is 22.8. The van der Waals surface area contributed by atoms with Crippen molar-refractivity contribution in [1.29, 1.82) is 0 Å². The summed E-state index contributed by atoms with van der Waals surface area (Å²) in [5.74, 6) is 0.526. The lowest BCUT2D eigenvalue weighted by atomic mass is 10.0. The number of sulfonamides is 1. The third kappa shape index (κ3) is 13.5. The minimum absolute atomic E-state index is 0.125. The van der Waals surface area contributed by atoms with Crippen LogP contribution in [0.15, 0.2) is 53.4 Å². The maximum absolute atomic E-state index is 12.6. The Kier molecular flexibility index (Phi) is 14.8. The summed E-state index contributed by atoms with van der Waals surface area (Å²) >= 11 is 0. The van der Waals surface area contributed by atoms with Crippen molar-refractivity contribution in [1.82, 2.24) is 0 Å². The number of benzene rings is 2. The molecule has 0 saturated heterocycles. The molecule has 0 fully saturated rings. The van der Waals surface area contributed by atoms with Gasteiger partial charge in [0, 0.05) is 18.3 Å². The molecule has 6 nitrogen and oxygen atoms in total. The van der Waals surface area contributed by atoms with Gasteiger partial charge >= 0.3 is 0 Å². The molecule has 0 aromatic heterocycles. The Morgan fingerprint density at radius 2 is 1.14 bits per heavy atom. The lowest BCUT2D eigenvalue weighted by molar-refractivity contribution is -0.114. The normalized spacial score (nSPS) is 11.3. The highest BCUT2D eigenvalue weighted by Crippen LogP contribution is 2.21. The largest absolute Gasteiger partial charge is 0.494 e. The summed E-state index contributed by atoms with van der Waals surface area (Å²) in [6.07, 6.45) is 18.6. The maximum Gasteiger partial charge on any atom is 0.261 e. The first-order valence-electron chi connectivity index (χ1n) is 14.0. The van der Waals surface area contributed by atoms with Crippen molar-refractivity contribution in [3.63, 3.8) is 0 Å². The predicted octanol–water partition coefficient (Wildman–Crippen LogP) is 8.31. The quantitative estimate of drug-likeness (QED) is 0.169. The average Bonchev–Trinajstić information content (AvgIpc) is 2.87. The maximum atomic E-state index is 12.6. The monoisotopic (exact) mass is 530 g/mol. The SMILES string of the molecule is CCCCCCCCCCCCCCCCOc1ccc(NS(=O)(=O)c2ccc(NC(C)=O)cc2)cc1. The molecule has 0 aliphatic heterocycles. The smallest absolute Gasteiger partial charge is 0.261 e. The Balaban J connectivity index is 1.55. The van der Waals surface area contributed by atoms with Gasteiger partial charge in [0.15, 0.2) is 0 Å². The topological polar surface area (TPSA) is 84.5 Å². The van der Waals surface area contributed by atoms with Crippen molar-refractivity contribution in [2.24, 2.45) is 0 Å². The first-order chi connectivity index (χ1) is 17.9. The number of nitrogens with one attached hydrogen (secondary N) is 2. The van der Waals surface area contributed by atoms with E-state index in [1.54, 1.807) is 36.4 Å². The van der Waals surface area contributed by atoms with E-state index in [1.807, 2.05) is 0 Å². The van der Waals surface area contributed by atoms with Crippen LogP contribution in [0.2, 0.25) is 0 Å². The Hall–Kier alpha value is -2.54. The molecule has 2 aromatic carbocycles. The summed E-state index contributed by atoms with van der Waals surface area (Å²) in [6, 6.07) is 13.0. The lowest BCUT2D eigenvalue weighted by Gasteiger charge is -2.10. The Bertz CT molecular complexity index is 989. The molecule has 0 unspecified atom stereocenters. The molecule has 0 saturated carbocycles. The van der Waals surface area contributed by atoms with E-state index >= 15 is 0 Å². The van der Waals surface area contributed by atoms with Gasteiger partial charge in [-0.25, -0.2) is 8.42 Å². The highest BCUT2D eigenvalue weighted by Gasteiger charge is 2.14. The van der Waals surface area contributed by atoms with Crippen LogP contribution in [0.4, 0.5) is 11.4 Å². The van der Waals surface area contributed by atoms with Crippen molar-refractivity contribution >= 4 is 27.3 Å². The molecular weight excluding hydrogens is 484 g/mol. The zero-order chi connectivity index (χ0) is 26.8. The van der Waals surface area contributed by atoms with Crippen LogP contribution in [0.1, 0.15) is 104 Å². The minimum atomic E-state index is -3.72. The van der Waals surface area contributed by atoms with Crippen molar-refractivity contribution in [2.75, 3.05) is 16.6 Å². The van der Waals surface area contributed by atoms with E-state index in [9.17, 15) is 13.2 Å². The van der Waals surface area contributed by atoms with E-state index in [2.05, 4.69) is 17.0 Å². The predicted molar refractivity (Wildman–Crippen MR) is 154 cm³/mol. The van der Waals surface area contributed by atoms with Crippen LogP contribution in [-0.4, -0.2) is 20.9 Å². The first-order valence-corrected chi connectivity index (χ1v) is 15.5. The summed E-state index contributed by atoms with van der Waals surface area (Å²) in [5.41, 5.74) is 1.02. The highest BCUT2D eigenvalue weighted by atomic mass is 32.2. The second-order valence-electron chi connectivity index (χ2n) is 9.78. The fourth-order valence-corrected chi connectivity index (χ4v) is 5.30. The fourth-order valence-electron chi connectivity index (χ4n) is 4.24. The molecular formula is C30H46N2O4S. The summed E-state index contributed by atoms with van der Waals surface area (Å²) in [4.78, 5) is 11.2. The Morgan fingerprint density at radius 3 is 1.62 bits per heavy atom. The molecule has 0 aliphatic rings. The highest BCUT2D eigenvalue weighted by molar-refractivity contribution is 7.92. The Labute approximate surface area is 224 Å². The van der Waals surface area contributed by atoms with Gasteiger partial charge in [0.05, 0.1) is 11.5 Å². The number of hydrogen-bond acceptors (Lipinski definition) is 4. The summed E-state index contributed by atoms with van der Waals surface area (Å²) in [7, 11) is -3.72. The van der Waals surface area contributed by atoms with Crippen molar-refractivity contribution in [3.05, 3.63) is 48.5 Å².